The largest absolute Gasteiger partial charge is 0.405 e. The zero-order valence-corrected chi connectivity index (χ0v) is 25.8. The van der Waals surface area contributed by atoms with Gasteiger partial charge < -0.3 is 28.1 Å². The monoisotopic (exact) mass is 560 g/mol. The van der Waals surface area contributed by atoms with Crippen molar-refractivity contribution in [2.45, 2.75) is 58.4 Å². The Labute approximate surface area is 238 Å². The number of benzene rings is 2. The van der Waals surface area contributed by atoms with Crippen LogP contribution in [0.25, 0.3) is 0 Å². The van der Waals surface area contributed by atoms with E-state index in [9.17, 15) is 0 Å². The summed E-state index contributed by atoms with van der Waals surface area (Å²) < 4.78 is 34.9. The van der Waals surface area contributed by atoms with Gasteiger partial charge >= 0.3 is 0 Å². The summed E-state index contributed by atoms with van der Waals surface area (Å²) in [4.78, 5) is 0. The second kappa shape index (κ2) is 20.3. The van der Waals surface area contributed by atoms with E-state index in [1.54, 1.807) is 0 Å². The van der Waals surface area contributed by atoms with Gasteiger partial charge in [0.1, 0.15) is 0 Å². The van der Waals surface area contributed by atoms with E-state index in [0.717, 1.165) is 13.0 Å². The van der Waals surface area contributed by atoms with Gasteiger partial charge in [0.05, 0.1) is 66.1 Å². The minimum atomic E-state index is -2.51. The number of ether oxygens (including phenoxy) is 5. The fourth-order valence-corrected chi connectivity index (χ4v) is 9.17. The molecule has 0 heterocycles. The van der Waals surface area contributed by atoms with Gasteiger partial charge in [-0.15, -0.1) is 0 Å². The van der Waals surface area contributed by atoms with Crippen molar-refractivity contribution >= 4 is 18.7 Å². The second-order valence-electron chi connectivity index (χ2n) is 10.6. The van der Waals surface area contributed by atoms with Gasteiger partial charge in [0.15, 0.2) is 0 Å². The zero-order valence-electron chi connectivity index (χ0n) is 24.8. The van der Waals surface area contributed by atoms with Crippen LogP contribution in [0, 0.1) is 0 Å². The summed E-state index contributed by atoms with van der Waals surface area (Å²) in [5.74, 6) is 0. The van der Waals surface area contributed by atoms with E-state index in [-0.39, 0.29) is 5.04 Å². The molecule has 0 amide bonds. The molecule has 0 aliphatic rings. The van der Waals surface area contributed by atoms with Gasteiger partial charge in [-0.3, -0.25) is 0 Å². The average molecular weight is 561 g/mol. The average Bonchev–Trinajstić information content (AvgIpc) is 2.94. The van der Waals surface area contributed by atoms with Crippen LogP contribution >= 0.6 is 0 Å². The predicted molar refractivity (Wildman–Crippen MR) is 162 cm³/mol. The van der Waals surface area contributed by atoms with Crippen molar-refractivity contribution in [3.05, 3.63) is 60.7 Å². The molecule has 0 aromatic heterocycles. The highest BCUT2D eigenvalue weighted by atomic mass is 28.4. The number of hydrogen-bond donors (Lipinski definition) is 0. The molecule has 220 valence electrons. The minimum Gasteiger partial charge on any atom is -0.405 e. The Balaban J connectivity index is 1.55. The molecule has 0 N–H and O–H groups in total. The zero-order chi connectivity index (χ0) is 28.1. The fraction of sp³-hybridized carbons (Fsp3) is 0.625. The third-order valence-corrected chi connectivity index (χ3v) is 11.6. The molecule has 2 rings (SSSR count). The lowest BCUT2D eigenvalue weighted by Gasteiger charge is -2.43. The summed E-state index contributed by atoms with van der Waals surface area (Å²) in [5, 5.41) is 2.53. The lowest BCUT2D eigenvalue weighted by atomic mass is 10.2. The maximum atomic E-state index is 6.83. The first kappa shape index (κ1) is 33.6. The summed E-state index contributed by atoms with van der Waals surface area (Å²) in [6, 6.07) is 21.4. The number of hydrogen-bond acceptors (Lipinski definition) is 6. The van der Waals surface area contributed by atoms with Crippen LogP contribution in [0.15, 0.2) is 60.7 Å². The molecule has 0 spiro atoms. The SMILES string of the molecule is CCCCCCOCCOCCOCCOCCOCCO[Si](c1ccccc1)(c1ccccc1)C(C)(C)C. The summed E-state index contributed by atoms with van der Waals surface area (Å²) in [7, 11) is -2.51. The summed E-state index contributed by atoms with van der Waals surface area (Å²) in [6.07, 6.45) is 4.92. The molecule has 0 aliphatic carbocycles. The Hall–Kier alpha value is -1.58. The van der Waals surface area contributed by atoms with Gasteiger partial charge in [0.2, 0.25) is 0 Å². The highest BCUT2D eigenvalue weighted by Crippen LogP contribution is 2.36. The molecule has 39 heavy (non-hydrogen) atoms. The van der Waals surface area contributed by atoms with E-state index in [1.807, 2.05) is 0 Å². The normalized spacial score (nSPS) is 12.2. The molecule has 2 aromatic rings. The molecular weight excluding hydrogens is 508 g/mol. The van der Waals surface area contributed by atoms with E-state index in [0.29, 0.717) is 66.1 Å². The smallest absolute Gasteiger partial charge is 0.261 e. The van der Waals surface area contributed by atoms with Gasteiger partial charge in [-0.05, 0) is 21.8 Å². The molecule has 0 radical (unpaired) electrons. The molecule has 0 atom stereocenters. The first-order valence-electron chi connectivity index (χ1n) is 14.7. The molecule has 6 nitrogen and oxygen atoms in total. The molecule has 7 heteroatoms. The van der Waals surface area contributed by atoms with Crippen LogP contribution in [-0.2, 0) is 28.1 Å². The first-order valence-corrected chi connectivity index (χ1v) is 16.6. The topological polar surface area (TPSA) is 55.4 Å². The number of rotatable bonds is 23. The van der Waals surface area contributed by atoms with Gasteiger partial charge in [-0.1, -0.05) is 108 Å². The molecular formula is C32H52O6Si. The second-order valence-corrected chi connectivity index (χ2v) is 14.9. The van der Waals surface area contributed by atoms with Crippen LogP contribution in [0.4, 0.5) is 0 Å². The van der Waals surface area contributed by atoms with Crippen LogP contribution < -0.4 is 10.4 Å². The van der Waals surface area contributed by atoms with Crippen molar-refractivity contribution in [3.8, 4) is 0 Å². The van der Waals surface area contributed by atoms with Crippen LogP contribution in [0.2, 0.25) is 5.04 Å². The Morgan fingerprint density at radius 1 is 0.487 bits per heavy atom. The standard InChI is InChI=1S/C32H52O6Si/c1-5-6-7-14-19-33-20-21-34-22-23-35-24-25-36-26-27-37-28-29-38-39(32(2,3)4,30-15-10-8-11-16-30)31-17-12-9-13-18-31/h8-13,15-18H,5-7,14,19-29H2,1-4H3. The lowest BCUT2D eigenvalue weighted by molar-refractivity contribution is -0.0130. The maximum absolute atomic E-state index is 6.83. The highest BCUT2D eigenvalue weighted by Gasteiger charge is 2.49. The van der Waals surface area contributed by atoms with Crippen LogP contribution in [0.5, 0.6) is 0 Å². The Kier molecular flexibility index (Phi) is 17.5. The Morgan fingerprint density at radius 3 is 1.26 bits per heavy atom. The Bertz CT molecular complexity index is 788. The van der Waals surface area contributed by atoms with E-state index in [2.05, 4.69) is 88.4 Å². The lowest BCUT2D eigenvalue weighted by Crippen LogP contribution is -2.66. The van der Waals surface area contributed by atoms with E-state index >= 15 is 0 Å². The van der Waals surface area contributed by atoms with Crippen LogP contribution in [-0.4, -0.2) is 81.0 Å². The van der Waals surface area contributed by atoms with Gasteiger partial charge in [0, 0.05) is 6.61 Å². The summed E-state index contributed by atoms with van der Waals surface area (Å²) in [5.41, 5.74) is 0. The van der Waals surface area contributed by atoms with Crippen molar-refractivity contribution in [1.29, 1.82) is 0 Å². The van der Waals surface area contributed by atoms with Gasteiger partial charge in [-0.25, -0.2) is 0 Å². The number of unbranched alkanes of at least 4 members (excludes halogenated alkanes) is 3. The minimum absolute atomic E-state index is 0.0362. The van der Waals surface area contributed by atoms with Crippen molar-refractivity contribution in [2.75, 3.05) is 72.7 Å². The highest BCUT2D eigenvalue weighted by molar-refractivity contribution is 6.99. The molecule has 0 unspecified atom stereocenters. The van der Waals surface area contributed by atoms with Crippen LogP contribution in [0.1, 0.15) is 53.4 Å². The third-order valence-electron chi connectivity index (χ3n) is 6.59. The van der Waals surface area contributed by atoms with Crippen molar-refractivity contribution in [2.24, 2.45) is 0 Å². The van der Waals surface area contributed by atoms with Gasteiger partial charge in [0.25, 0.3) is 8.32 Å². The van der Waals surface area contributed by atoms with Crippen molar-refractivity contribution in [1.82, 2.24) is 0 Å². The van der Waals surface area contributed by atoms with E-state index in [4.69, 9.17) is 28.1 Å². The Morgan fingerprint density at radius 2 is 0.872 bits per heavy atom. The fourth-order valence-electron chi connectivity index (χ4n) is 4.63. The predicted octanol–water partition coefficient (Wildman–Crippen LogP) is 5.23. The first-order chi connectivity index (χ1) is 19.0. The molecule has 2 aromatic carbocycles. The van der Waals surface area contributed by atoms with Gasteiger partial charge in [-0.2, -0.15) is 0 Å². The molecule has 0 saturated heterocycles. The summed E-state index contributed by atoms with van der Waals surface area (Å²) in [6.45, 7) is 15.5. The van der Waals surface area contributed by atoms with Crippen molar-refractivity contribution < 1.29 is 28.1 Å². The van der Waals surface area contributed by atoms with Crippen LogP contribution in [0.3, 0.4) is 0 Å². The molecule has 0 fully saturated rings. The van der Waals surface area contributed by atoms with E-state index < -0.39 is 8.32 Å². The van der Waals surface area contributed by atoms with Crippen molar-refractivity contribution in [3.63, 3.8) is 0 Å². The molecule has 0 bridgehead atoms. The maximum Gasteiger partial charge on any atom is 0.261 e. The van der Waals surface area contributed by atoms with E-state index in [1.165, 1.54) is 29.6 Å². The summed E-state index contributed by atoms with van der Waals surface area (Å²) >= 11 is 0. The third kappa shape index (κ3) is 12.6. The molecule has 0 aliphatic heterocycles. The molecule has 0 saturated carbocycles. The quantitative estimate of drug-likeness (QED) is 0.137.